The van der Waals surface area contributed by atoms with Gasteiger partial charge in [-0.3, -0.25) is 13.9 Å². The van der Waals surface area contributed by atoms with Crippen LogP contribution in [-0.2, 0) is 13.6 Å². The van der Waals surface area contributed by atoms with E-state index in [0.717, 1.165) is 17.4 Å². The number of hydrogen-bond donors (Lipinski definition) is 2. The van der Waals surface area contributed by atoms with Crippen LogP contribution in [0.25, 0.3) is 0 Å². The average Bonchev–Trinajstić information content (AvgIpc) is 2.45. The van der Waals surface area contributed by atoms with Crippen LogP contribution >= 0.6 is 11.8 Å². The molecule has 0 spiro atoms. The van der Waals surface area contributed by atoms with E-state index in [1.165, 1.54) is 11.6 Å². The number of nitrogens with zero attached hydrogens (tertiary/aromatic N) is 2. The lowest BCUT2D eigenvalue weighted by molar-refractivity contribution is 0.575. The van der Waals surface area contributed by atoms with E-state index in [1.54, 1.807) is 11.8 Å². The fourth-order valence-electron chi connectivity index (χ4n) is 1.86. The average molecular weight is 314 g/mol. The summed E-state index contributed by atoms with van der Waals surface area (Å²) in [5, 5.41) is 3.12. The van der Waals surface area contributed by atoms with Crippen LogP contribution in [0, 0.1) is 0 Å². The van der Waals surface area contributed by atoms with Crippen molar-refractivity contribution < 1.29 is 0 Å². The number of aromatic nitrogens is 2. The third kappa shape index (κ3) is 4.06. The van der Waals surface area contributed by atoms with Crippen molar-refractivity contribution in [2.45, 2.75) is 44.9 Å². The first-order valence-electron chi connectivity index (χ1n) is 7.13. The van der Waals surface area contributed by atoms with E-state index in [9.17, 15) is 9.59 Å². The molecule has 0 aliphatic rings. The molecule has 0 aromatic carbocycles. The van der Waals surface area contributed by atoms with Crippen LogP contribution < -0.4 is 22.3 Å². The quantitative estimate of drug-likeness (QED) is 0.796. The predicted octanol–water partition coefficient (Wildman–Crippen LogP) is 1.48. The first kappa shape index (κ1) is 17.7. The molecular formula is C14H26N4O2S. The van der Waals surface area contributed by atoms with Gasteiger partial charge in [-0.1, -0.05) is 13.3 Å². The van der Waals surface area contributed by atoms with E-state index >= 15 is 0 Å². The van der Waals surface area contributed by atoms with Crippen molar-refractivity contribution in [3.63, 3.8) is 0 Å². The Morgan fingerprint density at radius 2 is 1.95 bits per heavy atom. The van der Waals surface area contributed by atoms with Crippen molar-refractivity contribution in [1.82, 2.24) is 9.13 Å². The topological polar surface area (TPSA) is 82.0 Å². The lowest BCUT2D eigenvalue weighted by Gasteiger charge is -2.24. The summed E-state index contributed by atoms with van der Waals surface area (Å²) in [6.45, 7) is 7.33. The normalized spacial score (nSPS) is 11.7. The highest BCUT2D eigenvalue weighted by molar-refractivity contribution is 7.99. The van der Waals surface area contributed by atoms with E-state index in [-0.39, 0.29) is 21.8 Å². The van der Waals surface area contributed by atoms with Crippen LogP contribution in [0.15, 0.2) is 9.59 Å². The van der Waals surface area contributed by atoms with Gasteiger partial charge in [-0.15, -0.1) is 0 Å². The summed E-state index contributed by atoms with van der Waals surface area (Å²) < 4.78 is 2.56. The van der Waals surface area contributed by atoms with Crippen LogP contribution in [0.2, 0.25) is 0 Å². The maximum Gasteiger partial charge on any atom is 0.332 e. The molecule has 0 saturated heterocycles. The summed E-state index contributed by atoms with van der Waals surface area (Å²) in [4.78, 5) is 24.4. The maximum atomic E-state index is 12.2. The van der Waals surface area contributed by atoms with Crippen molar-refractivity contribution >= 4 is 23.3 Å². The molecule has 1 heterocycles. The number of anilines is 2. The first-order chi connectivity index (χ1) is 9.75. The van der Waals surface area contributed by atoms with Gasteiger partial charge in [0, 0.05) is 24.9 Å². The molecule has 0 saturated carbocycles. The molecule has 0 fully saturated rings. The van der Waals surface area contributed by atoms with Crippen molar-refractivity contribution in [1.29, 1.82) is 0 Å². The molecule has 1 aromatic rings. The Morgan fingerprint density at radius 3 is 2.48 bits per heavy atom. The van der Waals surface area contributed by atoms with Crippen molar-refractivity contribution in [2.24, 2.45) is 7.05 Å². The SMILES string of the molecule is CCCCn1c(N)c(NCC(C)(C)SC)c(=O)n(C)c1=O. The smallest absolute Gasteiger partial charge is 0.332 e. The van der Waals surface area contributed by atoms with Gasteiger partial charge in [0.25, 0.3) is 5.56 Å². The fourth-order valence-corrected chi connectivity index (χ4v) is 2.07. The molecule has 7 heteroatoms. The van der Waals surface area contributed by atoms with E-state index in [4.69, 9.17) is 5.73 Å². The third-order valence-electron chi connectivity index (χ3n) is 3.56. The molecule has 1 rings (SSSR count). The third-order valence-corrected chi connectivity index (χ3v) is 4.81. The van der Waals surface area contributed by atoms with E-state index in [0.29, 0.717) is 18.8 Å². The second-order valence-electron chi connectivity index (χ2n) is 5.73. The summed E-state index contributed by atoms with van der Waals surface area (Å²) in [7, 11) is 1.48. The van der Waals surface area contributed by atoms with E-state index in [2.05, 4.69) is 19.2 Å². The number of hydrogen-bond acceptors (Lipinski definition) is 5. The van der Waals surface area contributed by atoms with Crippen LogP contribution in [0.3, 0.4) is 0 Å². The highest BCUT2D eigenvalue weighted by atomic mass is 32.2. The van der Waals surface area contributed by atoms with E-state index < -0.39 is 0 Å². The number of unbranched alkanes of at least 4 members (excludes halogenated alkanes) is 1. The van der Waals surface area contributed by atoms with Gasteiger partial charge in [0.1, 0.15) is 11.5 Å². The van der Waals surface area contributed by atoms with Crippen LogP contribution in [0.1, 0.15) is 33.6 Å². The van der Waals surface area contributed by atoms with Gasteiger partial charge in [-0.25, -0.2) is 4.79 Å². The van der Waals surface area contributed by atoms with Gasteiger partial charge in [-0.2, -0.15) is 11.8 Å². The number of thioether (sulfide) groups is 1. The Labute approximate surface area is 129 Å². The minimum Gasteiger partial charge on any atom is -0.383 e. The summed E-state index contributed by atoms with van der Waals surface area (Å²) in [5.74, 6) is 0.230. The minimum atomic E-state index is -0.373. The van der Waals surface area contributed by atoms with Gasteiger partial charge in [0.15, 0.2) is 0 Å². The first-order valence-corrected chi connectivity index (χ1v) is 8.36. The van der Waals surface area contributed by atoms with Gasteiger partial charge in [0.2, 0.25) is 0 Å². The second-order valence-corrected chi connectivity index (χ2v) is 7.24. The molecule has 6 nitrogen and oxygen atoms in total. The maximum absolute atomic E-state index is 12.2. The fraction of sp³-hybridized carbons (Fsp3) is 0.714. The van der Waals surface area contributed by atoms with Gasteiger partial charge >= 0.3 is 5.69 Å². The molecular weight excluding hydrogens is 288 g/mol. The number of nitrogens with one attached hydrogen (secondary N) is 1. The summed E-state index contributed by atoms with van der Waals surface area (Å²) in [6.07, 6.45) is 3.82. The lowest BCUT2D eigenvalue weighted by atomic mass is 10.2. The van der Waals surface area contributed by atoms with E-state index in [1.807, 2.05) is 13.2 Å². The molecule has 0 bridgehead atoms. The molecule has 3 N–H and O–H groups in total. The van der Waals surface area contributed by atoms with Crippen molar-refractivity contribution in [3.05, 3.63) is 20.8 Å². The zero-order chi connectivity index (χ0) is 16.2. The molecule has 1 aromatic heterocycles. The van der Waals surface area contributed by atoms with Crippen molar-refractivity contribution in [3.8, 4) is 0 Å². The highest BCUT2D eigenvalue weighted by Gasteiger charge is 2.19. The molecule has 0 atom stereocenters. The Balaban J connectivity index is 3.23. The lowest BCUT2D eigenvalue weighted by Crippen LogP contribution is -2.41. The molecule has 120 valence electrons. The van der Waals surface area contributed by atoms with Gasteiger partial charge < -0.3 is 11.1 Å². The number of nitrogen functional groups attached to an aromatic ring is 1. The zero-order valence-corrected chi connectivity index (χ0v) is 14.3. The minimum absolute atomic E-state index is 0.0260. The summed E-state index contributed by atoms with van der Waals surface area (Å²) >= 11 is 1.70. The molecule has 21 heavy (non-hydrogen) atoms. The number of rotatable bonds is 7. The Morgan fingerprint density at radius 1 is 1.33 bits per heavy atom. The second kappa shape index (κ2) is 7.06. The standard InChI is InChI=1S/C14H26N4O2S/c1-6-7-8-18-11(15)10(12(19)17(4)13(18)20)16-9-14(2,3)21-5/h16H,6-9,15H2,1-5H3. The van der Waals surface area contributed by atoms with Crippen molar-refractivity contribution in [2.75, 3.05) is 23.9 Å². The van der Waals surface area contributed by atoms with Crippen LogP contribution in [0.4, 0.5) is 11.5 Å². The number of nitrogens with two attached hydrogens (primary N) is 1. The van der Waals surface area contributed by atoms with Crippen LogP contribution in [-0.4, -0.2) is 26.7 Å². The molecule has 0 aliphatic heterocycles. The summed E-state index contributed by atoms with van der Waals surface area (Å²) in [6, 6.07) is 0. The molecule has 0 unspecified atom stereocenters. The molecule has 0 amide bonds. The molecule has 0 aliphatic carbocycles. The van der Waals surface area contributed by atoms with Gasteiger partial charge in [-0.05, 0) is 26.5 Å². The highest BCUT2D eigenvalue weighted by Crippen LogP contribution is 2.22. The monoisotopic (exact) mass is 314 g/mol. The zero-order valence-electron chi connectivity index (χ0n) is 13.5. The van der Waals surface area contributed by atoms with Crippen LogP contribution in [0.5, 0.6) is 0 Å². The Bertz CT molecular complexity index is 604. The Hall–Kier alpha value is -1.37. The predicted molar refractivity (Wildman–Crippen MR) is 91.3 cm³/mol. The summed E-state index contributed by atoms with van der Waals surface area (Å²) in [5.41, 5.74) is 5.63. The largest absolute Gasteiger partial charge is 0.383 e. The van der Waals surface area contributed by atoms with Gasteiger partial charge in [0.05, 0.1) is 0 Å². The Kier molecular flexibility index (Phi) is 5.95. The molecule has 0 radical (unpaired) electrons.